The van der Waals surface area contributed by atoms with E-state index in [-0.39, 0.29) is 18.1 Å². The lowest BCUT2D eigenvalue weighted by Gasteiger charge is -2.11. The maximum Gasteiger partial charge on any atom is 0.358 e. The Morgan fingerprint density at radius 2 is 2.17 bits per heavy atom. The minimum absolute atomic E-state index is 0.00510. The SMILES string of the molecule is COC(=O)c1cncc(NCC(OC)C(=O)O)n1. The Balaban J connectivity index is 2.68. The van der Waals surface area contributed by atoms with E-state index in [0.29, 0.717) is 0 Å². The van der Waals surface area contributed by atoms with Gasteiger partial charge in [0.05, 0.1) is 26.0 Å². The molecule has 98 valence electrons. The number of methoxy groups -OCH3 is 2. The minimum atomic E-state index is -1.10. The van der Waals surface area contributed by atoms with Crippen LogP contribution >= 0.6 is 0 Å². The van der Waals surface area contributed by atoms with E-state index in [9.17, 15) is 9.59 Å². The molecule has 0 saturated heterocycles. The lowest BCUT2D eigenvalue weighted by atomic mass is 10.3. The normalized spacial score (nSPS) is 11.7. The highest BCUT2D eigenvalue weighted by molar-refractivity contribution is 5.87. The molecule has 0 aromatic carbocycles. The van der Waals surface area contributed by atoms with Gasteiger partial charge in [-0.3, -0.25) is 4.98 Å². The number of aromatic nitrogens is 2. The number of aliphatic carboxylic acids is 1. The highest BCUT2D eigenvalue weighted by Gasteiger charge is 2.16. The van der Waals surface area contributed by atoms with Gasteiger partial charge in [0.1, 0.15) is 5.82 Å². The quantitative estimate of drug-likeness (QED) is 0.671. The van der Waals surface area contributed by atoms with Gasteiger partial charge in [0.15, 0.2) is 11.8 Å². The van der Waals surface area contributed by atoms with Crippen LogP contribution in [0.1, 0.15) is 10.5 Å². The Labute approximate surface area is 103 Å². The lowest BCUT2D eigenvalue weighted by molar-refractivity contribution is -0.147. The summed E-state index contributed by atoms with van der Waals surface area (Å²) in [4.78, 5) is 29.6. The molecule has 0 bridgehead atoms. The number of anilines is 1. The van der Waals surface area contributed by atoms with Crippen LogP contribution in [0.4, 0.5) is 5.82 Å². The molecule has 1 atom stereocenters. The fourth-order valence-electron chi connectivity index (χ4n) is 1.12. The first-order valence-electron chi connectivity index (χ1n) is 4.98. The van der Waals surface area contributed by atoms with E-state index in [1.807, 2.05) is 0 Å². The molecule has 0 aliphatic carbocycles. The van der Waals surface area contributed by atoms with Crippen molar-refractivity contribution in [1.82, 2.24) is 9.97 Å². The Bertz CT molecular complexity index is 437. The molecular weight excluding hydrogens is 242 g/mol. The molecule has 0 radical (unpaired) electrons. The third-order valence-corrected chi connectivity index (χ3v) is 2.06. The molecular formula is C10H13N3O5. The summed E-state index contributed by atoms with van der Waals surface area (Å²) in [6.45, 7) is 0.00510. The van der Waals surface area contributed by atoms with E-state index in [1.54, 1.807) is 0 Å². The Morgan fingerprint density at radius 3 is 2.72 bits per heavy atom. The monoisotopic (exact) mass is 255 g/mol. The molecule has 0 fully saturated rings. The zero-order valence-electron chi connectivity index (χ0n) is 9.91. The van der Waals surface area contributed by atoms with Crippen LogP contribution in [-0.4, -0.2) is 53.9 Å². The van der Waals surface area contributed by atoms with Crippen LogP contribution < -0.4 is 5.32 Å². The summed E-state index contributed by atoms with van der Waals surface area (Å²) in [5.41, 5.74) is 0.0341. The predicted molar refractivity (Wildman–Crippen MR) is 60.3 cm³/mol. The highest BCUT2D eigenvalue weighted by Crippen LogP contribution is 2.04. The molecule has 0 aliphatic heterocycles. The molecule has 0 amide bonds. The van der Waals surface area contributed by atoms with Gasteiger partial charge in [0.25, 0.3) is 0 Å². The molecule has 1 heterocycles. The van der Waals surface area contributed by atoms with Crippen LogP contribution in [-0.2, 0) is 14.3 Å². The van der Waals surface area contributed by atoms with Crippen LogP contribution in [0, 0.1) is 0 Å². The number of nitrogens with one attached hydrogen (secondary N) is 1. The number of hydrogen-bond donors (Lipinski definition) is 2. The van der Waals surface area contributed by atoms with Crippen molar-refractivity contribution in [3.05, 3.63) is 18.1 Å². The van der Waals surface area contributed by atoms with Crippen LogP contribution in [0.2, 0.25) is 0 Å². The second kappa shape index (κ2) is 6.50. The van der Waals surface area contributed by atoms with Crippen molar-refractivity contribution in [2.75, 3.05) is 26.1 Å². The number of esters is 1. The molecule has 1 aromatic heterocycles. The van der Waals surface area contributed by atoms with Gasteiger partial charge >= 0.3 is 11.9 Å². The number of carbonyl (C=O) groups excluding carboxylic acids is 1. The maximum atomic E-state index is 11.2. The second-order valence-corrected chi connectivity index (χ2v) is 3.22. The fraction of sp³-hybridized carbons (Fsp3) is 0.400. The van der Waals surface area contributed by atoms with Gasteiger partial charge < -0.3 is 19.9 Å². The van der Waals surface area contributed by atoms with E-state index < -0.39 is 18.0 Å². The van der Waals surface area contributed by atoms with Crippen molar-refractivity contribution in [2.45, 2.75) is 6.10 Å². The van der Waals surface area contributed by atoms with Crippen LogP contribution in [0.15, 0.2) is 12.4 Å². The fourth-order valence-corrected chi connectivity index (χ4v) is 1.12. The summed E-state index contributed by atoms with van der Waals surface area (Å²) in [5.74, 6) is -1.45. The number of carboxylic acids is 1. The third kappa shape index (κ3) is 3.67. The Hall–Kier alpha value is -2.22. The zero-order chi connectivity index (χ0) is 13.5. The summed E-state index contributed by atoms with van der Waals surface area (Å²) in [5, 5.41) is 11.5. The molecule has 1 rings (SSSR count). The summed E-state index contributed by atoms with van der Waals surface area (Å²) in [6.07, 6.45) is 1.61. The predicted octanol–water partition coefficient (Wildman–Crippen LogP) is -0.225. The molecule has 8 nitrogen and oxygen atoms in total. The molecule has 2 N–H and O–H groups in total. The van der Waals surface area contributed by atoms with Crippen molar-refractivity contribution in [2.24, 2.45) is 0 Å². The minimum Gasteiger partial charge on any atom is -0.479 e. The van der Waals surface area contributed by atoms with Crippen molar-refractivity contribution in [1.29, 1.82) is 0 Å². The first kappa shape index (κ1) is 13.8. The van der Waals surface area contributed by atoms with Gasteiger partial charge in [-0.15, -0.1) is 0 Å². The zero-order valence-corrected chi connectivity index (χ0v) is 9.91. The van der Waals surface area contributed by atoms with E-state index in [0.717, 1.165) is 0 Å². The molecule has 1 aromatic rings. The van der Waals surface area contributed by atoms with Gasteiger partial charge in [-0.05, 0) is 0 Å². The van der Waals surface area contributed by atoms with E-state index >= 15 is 0 Å². The van der Waals surface area contributed by atoms with Crippen molar-refractivity contribution >= 4 is 17.8 Å². The molecule has 18 heavy (non-hydrogen) atoms. The number of rotatable bonds is 6. The summed E-state index contributed by atoms with van der Waals surface area (Å²) in [6, 6.07) is 0. The Kier molecular flexibility index (Phi) is 5.00. The molecule has 0 spiro atoms. The first-order chi connectivity index (χ1) is 8.58. The lowest BCUT2D eigenvalue weighted by Crippen LogP contribution is -2.30. The molecule has 8 heteroatoms. The standard InChI is InChI=1S/C10H13N3O5/c1-17-7(9(14)15)4-12-8-5-11-3-6(13-8)10(16)18-2/h3,5,7H,4H2,1-2H3,(H,12,13)(H,14,15). The van der Waals surface area contributed by atoms with Gasteiger partial charge in [0, 0.05) is 7.11 Å². The van der Waals surface area contributed by atoms with Crippen molar-refractivity contribution in [3.8, 4) is 0 Å². The second-order valence-electron chi connectivity index (χ2n) is 3.22. The average molecular weight is 255 g/mol. The number of hydrogen-bond acceptors (Lipinski definition) is 7. The average Bonchev–Trinajstić information content (AvgIpc) is 2.38. The Morgan fingerprint density at radius 1 is 1.44 bits per heavy atom. The van der Waals surface area contributed by atoms with Crippen molar-refractivity contribution < 1.29 is 24.2 Å². The van der Waals surface area contributed by atoms with Crippen LogP contribution in [0.5, 0.6) is 0 Å². The van der Waals surface area contributed by atoms with E-state index in [2.05, 4.69) is 20.0 Å². The number of carboxylic acid groups (broad SMARTS) is 1. The topological polar surface area (TPSA) is 111 Å². The smallest absolute Gasteiger partial charge is 0.358 e. The van der Waals surface area contributed by atoms with Gasteiger partial charge in [-0.25, -0.2) is 14.6 Å². The van der Waals surface area contributed by atoms with Gasteiger partial charge in [0.2, 0.25) is 0 Å². The molecule has 1 unspecified atom stereocenters. The van der Waals surface area contributed by atoms with Crippen LogP contribution in [0.3, 0.4) is 0 Å². The van der Waals surface area contributed by atoms with Gasteiger partial charge in [-0.2, -0.15) is 0 Å². The molecule has 0 saturated carbocycles. The van der Waals surface area contributed by atoms with Crippen LogP contribution in [0.25, 0.3) is 0 Å². The van der Waals surface area contributed by atoms with E-state index in [4.69, 9.17) is 9.84 Å². The largest absolute Gasteiger partial charge is 0.479 e. The highest BCUT2D eigenvalue weighted by atomic mass is 16.5. The number of nitrogens with zero attached hydrogens (tertiary/aromatic N) is 2. The van der Waals surface area contributed by atoms with Gasteiger partial charge in [-0.1, -0.05) is 0 Å². The first-order valence-corrected chi connectivity index (χ1v) is 4.98. The van der Waals surface area contributed by atoms with E-state index in [1.165, 1.54) is 26.6 Å². The molecule has 0 aliphatic rings. The number of carbonyl (C=O) groups is 2. The summed E-state index contributed by atoms with van der Waals surface area (Å²) in [7, 11) is 2.52. The third-order valence-electron chi connectivity index (χ3n) is 2.06. The summed E-state index contributed by atoms with van der Waals surface area (Å²) < 4.78 is 9.22. The maximum absolute atomic E-state index is 11.2. The summed E-state index contributed by atoms with van der Waals surface area (Å²) >= 11 is 0. The number of ether oxygens (including phenoxy) is 2. The van der Waals surface area contributed by atoms with Crippen molar-refractivity contribution in [3.63, 3.8) is 0 Å².